The van der Waals surface area contributed by atoms with Crippen molar-refractivity contribution in [1.82, 2.24) is 15.5 Å². The average molecular weight is 302 g/mol. The van der Waals surface area contributed by atoms with E-state index in [1.165, 1.54) is 5.57 Å². The zero-order chi connectivity index (χ0) is 14.9. The van der Waals surface area contributed by atoms with Crippen molar-refractivity contribution in [2.75, 3.05) is 13.1 Å². The highest BCUT2D eigenvalue weighted by Crippen LogP contribution is 2.32. The summed E-state index contributed by atoms with van der Waals surface area (Å²) in [4.78, 5) is 0. The van der Waals surface area contributed by atoms with Crippen LogP contribution in [0.25, 0.3) is 17.3 Å². The fourth-order valence-electron chi connectivity index (χ4n) is 2.74. The first kappa shape index (κ1) is 14.4. The van der Waals surface area contributed by atoms with E-state index in [9.17, 15) is 0 Å². The molecule has 0 saturated carbocycles. The number of benzene rings is 1. The van der Waals surface area contributed by atoms with Crippen LogP contribution in [0.15, 0.2) is 35.9 Å². The number of aromatic nitrogens is 2. The Morgan fingerprint density at radius 2 is 2.14 bits per heavy atom. The van der Waals surface area contributed by atoms with Gasteiger partial charge >= 0.3 is 0 Å². The lowest BCUT2D eigenvalue weighted by molar-refractivity contribution is 0.360. The molecule has 0 atom stereocenters. The van der Waals surface area contributed by atoms with Gasteiger partial charge in [-0.15, -0.1) is 0 Å². The van der Waals surface area contributed by atoms with E-state index in [0.717, 1.165) is 41.5 Å². The Morgan fingerprint density at radius 3 is 2.90 bits per heavy atom. The smallest absolute Gasteiger partial charge is 0.0927 e. The molecule has 2 aromatic rings. The standard InChI is InChI=1S/C17H20ClN3/c1-17(2)11-19-7-6-13(17)9-15-10-16(21-20-15)12-4-3-5-14(18)8-12/h3-5,8-10,19H,6-7,11H2,1-2H3,(H,20,21)/b13-9+. The molecule has 3 nitrogen and oxygen atoms in total. The van der Waals surface area contributed by atoms with Crippen molar-refractivity contribution in [3.8, 4) is 11.3 Å². The molecule has 110 valence electrons. The number of halogens is 1. The largest absolute Gasteiger partial charge is 0.316 e. The van der Waals surface area contributed by atoms with Crippen LogP contribution in [0.2, 0.25) is 5.02 Å². The Kier molecular flexibility index (Phi) is 3.87. The van der Waals surface area contributed by atoms with Gasteiger partial charge in [0.15, 0.2) is 0 Å². The van der Waals surface area contributed by atoms with Crippen LogP contribution in [0.4, 0.5) is 0 Å². The summed E-state index contributed by atoms with van der Waals surface area (Å²) in [5, 5.41) is 11.7. The first-order valence-corrected chi connectivity index (χ1v) is 7.65. The van der Waals surface area contributed by atoms with Crippen molar-refractivity contribution in [2.24, 2.45) is 5.41 Å². The maximum atomic E-state index is 6.04. The molecule has 0 amide bonds. The third-order valence-corrected chi connectivity index (χ3v) is 4.29. The van der Waals surface area contributed by atoms with Crippen molar-refractivity contribution in [3.05, 3.63) is 46.6 Å². The van der Waals surface area contributed by atoms with Gasteiger partial charge < -0.3 is 5.32 Å². The van der Waals surface area contributed by atoms with Crippen molar-refractivity contribution in [3.63, 3.8) is 0 Å². The van der Waals surface area contributed by atoms with Crippen molar-refractivity contribution in [2.45, 2.75) is 20.3 Å². The van der Waals surface area contributed by atoms with Gasteiger partial charge in [-0.05, 0) is 42.7 Å². The van der Waals surface area contributed by atoms with Crippen LogP contribution < -0.4 is 5.32 Å². The lowest BCUT2D eigenvalue weighted by Gasteiger charge is -2.33. The molecule has 0 spiro atoms. The minimum absolute atomic E-state index is 0.194. The van der Waals surface area contributed by atoms with Crippen LogP contribution in [0.5, 0.6) is 0 Å². The van der Waals surface area contributed by atoms with E-state index in [1.54, 1.807) is 0 Å². The van der Waals surface area contributed by atoms with Gasteiger partial charge in [0, 0.05) is 17.1 Å². The fraction of sp³-hybridized carbons (Fsp3) is 0.353. The van der Waals surface area contributed by atoms with Gasteiger partial charge in [-0.25, -0.2) is 0 Å². The predicted octanol–water partition coefficient (Wildman–Crippen LogP) is 4.13. The molecule has 0 radical (unpaired) electrons. The lowest BCUT2D eigenvalue weighted by atomic mass is 9.79. The molecule has 2 N–H and O–H groups in total. The minimum Gasteiger partial charge on any atom is -0.316 e. The molecule has 4 heteroatoms. The molecule has 1 aromatic heterocycles. The third kappa shape index (κ3) is 3.20. The van der Waals surface area contributed by atoms with E-state index in [0.29, 0.717) is 0 Å². The molecule has 21 heavy (non-hydrogen) atoms. The Morgan fingerprint density at radius 1 is 1.29 bits per heavy atom. The number of aromatic amines is 1. The van der Waals surface area contributed by atoms with E-state index in [-0.39, 0.29) is 5.41 Å². The summed E-state index contributed by atoms with van der Waals surface area (Å²) >= 11 is 6.04. The molecule has 2 heterocycles. The quantitative estimate of drug-likeness (QED) is 0.875. The molecule has 3 rings (SSSR count). The van der Waals surface area contributed by atoms with Crippen molar-refractivity contribution < 1.29 is 0 Å². The van der Waals surface area contributed by atoms with Gasteiger partial charge in [-0.3, -0.25) is 5.10 Å². The molecule has 1 fully saturated rings. The average Bonchev–Trinajstić information content (AvgIpc) is 2.90. The second-order valence-electron chi connectivity index (χ2n) is 6.20. The van der Waals surface area contributed by atoms with E-state index >= 15 is 0 Å². The van der Waals surface area contributed by atoms with Gasteiger partial charge in [0.05, 0.1) is 11.4 Å². The number of piperidine rings is 1. The first-order valence-electron chi connectivity index (χ1n) is 7.28. The molecule has 0 unspecified atom stereocenters. The van der Waals surface area contributed by atoms with Crippen LogP contribution in [0.3, 0.4) is 0 Å². The summed E-state index contributed by atoms with van der Waals surface area (Å²) in [6, 6.07) is 9.85. The summed E-state index contributed by atoms with van der Waals surface area (Å²) in [7, 11) is 0. The maximum absolute atomic E-state index is 6.04. The maximum Gasteiger partial charge on any atom is 0.0927 e. The number of rotatable bonds is 2. The van der Waals surface area contributed by atoms with Crippen LogP contribution in [0, 0.1) is 5.41 Å². The molecule has 0 bridgehead atoms. The molecular weight excluding hydrogens is 282 g/mol. The van der Waals surface area contributed by atoms with Gasteiger partial charge in [0.1, 0.15) is 0 Å². The SMILES string of the molecule is CC1(C)CNCC/C1=C\c1cc(-c2cccc(Cl)c2)n[nH]1. The topological polar surface area (TPSA) is 40.7 Å². The summed E-state index contributed by atoms with van der Waals surface area (Å²) in [6.07, 6.45) is 3.32. The van der Waals surface area contributed by atoms with E-state index in [4.69, 9.17) is 11.6 Å². The van der Waals surface area contributed by atoms with Crippen molar-refractivity contribution in [1.29, 1.82) is 0 Å². The Hall–Kier alpha value is -1.58. The molecule has 1 aliphatic rings. The summed E-state index contributed by atoms with van der Waals surface area (Å²) in [6.45, 7) is 6.62. The second-order valence-corrected chi connectivity index (χ2v) is 6.64. The highest BCUT2D eigenvalue weighted by molar-refractivity contribution is 6.30. The van der Waals surface area contributed by atoms with Crippen molar-refractivity contribution >= 4 is 17.7 Å². The van der Waals surface area contributed by atoms with Crippen LogP contribution >= 0.6 is 11.6 Å². The molecular formula is C17H20ClN3. The van der Waals surface area contributed by atoms with Gasteiger partial charge in [-0.1, -0.05) is 43.2 Å². The monoisotopic (exact) mass is 301 g/mol. The number of nitrogens with zero attached hydrogens (tertiary/aromatic N) is 1. The normalized spacial score (nSPS) is 19.9. The Labute approximate surface area is 130 Å². The number of nitrogens with one attached hydrogen (secondary N) is 2. The predicted molar refractivity (Wildman–Crippen MR) is 88.3 cm³/mol. The number of hydrogen-bond acceptors (Lipinski definition) is 2. The lowest BCUT2D eigenvalue weighted by Crippen LogP contribution is -2.37. The number of H-pyrrole nitrogens is 1. The van der Waals surface area contributed by atoms with Gasteiger partial charge in [0.25, 0.3) is 0 Å². The fourth-order valence-corrected chi connectivity index (χ4v) is 2.93. The van der Waals surface area contributed by atoms with E-state index < -0.39 is 0 Å². The van der Waals surface area contributed by atoms with Crippen LogP contribution in [0.1, 0.15) is 26.0 Å². The highest BCUT2D eigenvalue weighted by Gasteiger charge is 2.26. The highest BCUT2D eigenvalue weighted by atomic mass is 35.5. The van der Waals surface area contributed by atoms with Crippen LogP contribution in [-0.2, 0) is 0 Å². The summed E-state index contributed by atoms with van der Waals surface area (Å²) in [5.74, 6) is 0. The van der Waals surface area contributed by atoms with E-state index in [2.05, 4.69) is 41.5 Å². The summed E-state index contributed by atoms with van der Waals surface area (Å²) < 4.78 is 0. The van der Waals surface area contributed by atoms with Crippen LogP contribution in [-0.4, -0.2) is 23.3 Å². The Bertz CT molecular complexity index is 670. The Balaban J connectivity index is 1.88. The zero-order valence-corrected chi connectivity index (χ0v) is 13.2. The van der Waals surface area contributed by atoms with Gasteiger partial charge in [0.2, 0.25) is 0 Å². The first-order chi connectivity index (χ1) is 10.0. The zero-order valence-electron chi connectivity index (χ0n) is 12.4. The van der Waals surface area contributed by atoms with E-state index in [1.807, 2.05) is 24.3 Å². The molecule has 1 saturated heterocycles. The van der Waals surface area contributed by atoms with Gasteiger partial charge in [-0.2, -0.15) is 5.10 Å². The molecule has 1 aromatic carbocycles. The second kappa shape index (κ2) is 5.66. The summed E-state index contributed by atoms with van der Waals surface area (Å²) in [5.41, 5.74) is 4.67. The number of hydrogen-bond donors (Lipinski definition) is 2. The molecule has 1 aliphatic heterocycles. The molecule has 0 aliphatic carbocycles. The third-order valence-electron chi connectivity index (χ3n) is 4.06. The minimum atomic E-state index is 0.194.